The zero-order valence-corrected chi connectivity index (χ0v) is 12.7. The summed E-state index contributed by atoms with van der Waals surface area (Å²) < 4.78 is 13.6. The van der Waals surface area contributed by atoms with Crippen LogP contribution < -0.4 is 0 Å². The van der Waals surface area contributed by atoms with E-state index in [1.807, 2.05) is 18.7 Å². The third kappa shape index (κ3) is 2.78. The summed E-state index contributed by atoms with van der Waals surface area (Å²) in [5, 5.41) is 9.67. The van der Waals surface area contributed by atoms with E-state index in [2.05, 4.69) is 0 Å². The fourth-order valence-corrected chi connectivity index (χ4v) is 3.37. The van der Waals surface area contributed by atoms with Crippen molar-refractivity contribution in [3.05, 3.63) is 33.6 Å². The molecular weight excluding hydrogens is 304 g/mol. The molecule has 1 aromatic rings. The van der Waals surface area contributed by atoms with Gasteiger partial charge in [0.15, 0.2) is 0 Å². The van der Waals surface area contributed by atoms with Crippen LogP contribution >= 0.6 is 23.2 Å². The van der Waals surface area contributed by atoms with E-state index in [9.17, 15) is 14.3 Å². The number of carboxylic acids is 1. The molecule has 0 saturated carbocycles. The van der Waals surface area contributed by atoms with Crippen LogP contribution in [-0.4, -0.2) is 28.6 Å². The molecule has 1 saturated heterocycles. The Hall–Kier alpha value is -0.840. The van der Waals surface area contributed by atoms with Crippen LogP contribution in [0.15, 0.2) is 12.1 Å². The molecule has 1 aliphatic heterocycles. The van der Waals surface area contributed by atoms with Gasteiger partial charge in [-0.15, -0.1) is 0 Å². The van der Waals surface area contributed by atoms with Gasteiger partial charge in [-0.3, -0.25) is 9.69 Å². The van der Waals surface area contributed by atoms with Gasteiger partial charge in [0.25, 0.3) is 0 Å². The van der Waals surface area contributed by atoms with Crippen LogP contribution in [0.2, 0.25) is 10.0 Å². The highest BCUT2D eigenvalue weighted by atomic mass is 35.5. The molecule has 3 unspecified atom stereocenters. The lowest BCUT2D eigenvalue weighted by molar-refractivity contribution is -0.144. The fraction of sp³-hybridized carbons (Fsp3) is 0.500. The van der Waals surface area contributed by atoms with Crippen molar-refractivity contribution in [1.82, 2.24) is 4.90 Å². The average Bonchev–Trinajstić information content (AvgIpc) is 2.75. The highest BCUT2D eigenvalue weighted by molar-refractivity contribution is 6.35. The summed E-state index contributed by atoms with van der Waals surface area (Å²) in [5.41, 5.74) is 0.564. The van der Waals surface area contributed by atoms with E-state index in [1.54, 1.807) is 0 Å². The molecule has 0 aliphatic carbocycles. The Kier molecular flexibility index (Phi) is 4.57. The van der Waals surface area contributed by atoms with Gasteiger partial charge in [-0.1, -0.05) is 30.1 Å². The normalized spacial score (nSPS) is 24.9. The second kappa shape index (κ2) is 5.88. The van der Waals surface area contributed by atoms with Crippen LogP contribution in [0, 0.1) is 11.7 Å². The maximum Gasteiger partial charge on any atom is 0.321 e. The minimum atomic E-state index is -0.854. The minimum absolute atomic E-state index is 0.0319. The number of carboxylic acid groups (broad SMARTS) is 1. The smallest absolute Gasteiger partial charge is 0.321 e. The molecule has 1 aromatic carbocycles. The number of halogens is 3. The molecular formula is C14H16Cl2FNO2. The van der Waals surface area contributed by atoms with Crippen LogP contribution in [0.5, 0.6) is 0 Å². The van der Waals surface area contributed by atoms with Gasteiger partial charge in [0, 0.05) is 11.1 Å². The number of likely N-dealkylation sites (tertiary alicyclic amines) is 1. The molecule has 2 rings (SSSR count). The zero-order valence-electron chi connectivity index (χ0n) is 11.2. The summed E-state index contributed by atoms with van der Waals surface area (Å²) >= 11 is 11.8. The molecule has 0 radical (unpaired) electrons. The predicted molar refractivity (Wildman–Crippen MR) is 76.7 cm³/mol. The molecule has 0 bridgehead atoms. The van der Waals surface area contributed by atoms with E-state index in [0.717, 1.165) is 6.42 Å². The molecule has 110 valence electrons. The van der Waals surface area contributed by atoms with E-state index in [1.165, 1.54) is 12.1 Å². The van der Waals surface area contributed by atoms with Gasteiger partial charge in [-0.05, 0) is 43.5 Å². The third-order valence-corrected chi connectivity index (χ3v) is 4.60. The van der Waals surface area contributed by atoms with Crippen molar-refractivity contribution >= 4 is 29.2 Å². The van der Waals surface area contributed by atoms with Crippen LogP contribution in [0.1, 0.15) is 31.9 Å². The Bertz CT molecular complexity index is 538. The second-order valence-electron chi connectivity index (χ2n) is 5.25. The van der Waals surface area contributed by atoms with Gasteiger partial charge in [0.2, 0.25) is 0 Å². The Morgan fingerprint density at radius 1 is 1.45 bits per heavy atom. The monoisotopic (exact) mass is 319 g/mol. The molecule has 3 atom stereocenters. The van der Waals surface area contributed by atoms with Crippen molar-refractivity contribution < 1.29 is 14.3 Å². The molecule has 0 spiro atoms. The molecule has 0 amide bonds. The zero-order chi connectivity index (χ0) is 15.0. The summed E-state index contributed by atoms with van der Waals surface area (Å²) in [6.45, 7) is 4.40. The predicted octanol–water partition coefficient (Wildman–Crippen LogP) is 3.99. The standard InChI is InChI=1S/C14H16Cl2FNO2/c1-7-3-4-18(13(7)14(19)20)8(2)9-5-12(17)11(16)6-10(9)15/h5-8,13H,3-4H2,1-2H3,(H,19,20). The topological polar surface area (TPSA) is 40.5 Å². The summed E-state index contributed by atoms with van der Waals surface area (Å²) in [6, 6.07) is 1.80. The Morgan fingerprint density at radius 3 is 2.70 bits per heavy atom. The Morgan fingerprint density at radius 2 is 2.10 bits per heavy atom. The number of aliphatic carboxylic acids is 1. The minimum Gasteiger partial charge on any atom is -0.480 e. The Balaban J connectivity index is 2.34. The lowest BCUT2D eigenvalue weighted by Gasteiger charge is -2.30. The number of hydrogen-bond donors (Lipinski definition) is 1. The van der Waals surface area contributed by atoms with Crippen LogP contribution in [0.25, 0.3) is 0 Å². The number of hydrogen-bond acceptors (Lipinski definition) is 2. The van der Waals surface area contributed by atoms with Gasteiger partial charge in [0.05, 0.1) is 5.02 Å². The van der Waals surface area contributed by atoms with Gasteiger partial charge in [-0.2, -0.15) is 0 Å². The van der Waals surface area contributed by atoms with E-state index in [-0.39, 0.29) is 17.0 Å². The summed E-state index contributed by atoms with van der Waals surface area (Å²) in [6.07, 6.45) is 0.801. The van der Waals surface area contributed by atoms with Crippen molar-refractivity contribution in [1.29, 1.82) is 0 Å². The van der Waals surface area contributed by atoms with Gasteiger partial charge in [-0.25, -0.2) is 4.39 Å². The lowest BCUT2D eigenvalue weighted by Crippen LogP contribution is -2.40. The van der Waals surface area contributed by atoms with Crippen LogP contribution in [0.4, 0.5) is 4.39 Å². The highest BCUT2D eigenvalue weighted by Gasteiger charge is 2.39. The summed E-state index contributed by atoms with van der Waals surface area (Å²) in [5.74, 6) is -1.34. The van der Waals surface area contributed by atoms with E-state index < -0.39 is 17.8 Å². The first-order valence-electron chi connectivity index (χ1n) is 6.46. The summed E-state index contributed by atoms with van der Waals surface area (Å²) in [7, 11) is 0. The van der Waals surface area contributed by atoms with Crippen molar-refractivity contribution in [2.45, 2.75) is 32.4 Å². The maximum absolute atomic E-state index is 13.6. The van der Waals surface area contributed by atoms with Crippen molar-refractivity contribution in [3.63, 3.8) is 0 Å². The molecule has 6 heteroatoms. The number of carbonyl (C=O) groups is 1. The SMILES string of the molecule is CC1CCN(C(C)c2cc(F)c(Cl)cc2Cl)C1C(=O)O. The quantitative estimate of drug-likeness (QED) is 0.856. The molecule has 1 aliphatic rings. The molecule has 1 N–H and O–H groups in total. The molecule has 1 fully saturated rings. The van der Waals surface area contributed by atoms with Gasteiger partial charge in [0.1, 0.15) is 11.9 Å². The van der Waals surface area contributed by atoms with Gasteiger partial charge >= 0.3 is 5.97 Å². The largest absolute Gasteiger partial charge is 0.480 e. The molecule has 0 aromatic heterocycles. The number of nitrogens with zero attached hydrogens (tertiary/aromatic N) is 1. The van der Waals surface area contributed by atoms with Crippen molar-refractivity contribution in [3.8, 4) is 0 Å². The van der Waals surface area contributed by atoms with E-state index >= 15 is 0 Å². The second-order valence-corrected chi connectivity index (χ2v) is 6.07. The van der Waals surface area contributed by atoms with E-state index in [4.69, 9.17) is 23.2 Å². The van der Waals surface area contributed by atoms with Crippen molar-refractivity contribution in [2.24, 2.45) is 5.92 Å². The van der Waals surface area contributed by atoms with Crippen molar-refractivity contribution in [2.75, 3.05) is 6.54 Å². The fourth-order valence-electron chi connectivity index (χ4n) is 2.83. The lowest BCUT2D eigenvalue weighted by atomic mass is 10.0. The number of rotatable bonds is 3. The molecule has 1 heterocycles. The van der Waals surface area contributed by atoms with E-state index in [0.29, 0.717) is 17.1 Å². The first kappa shape index (κ1) is 15.5. The van der Waals surface area contributed by atoms with Gasteiger partial charge < -0.3 is 5.11 Å². The molecule has 20 heavy (non-hydrogen) atoms. The first-order chi connectivity index (χ1) is 9.32. The van der Waals surface area contributed by atoms with Crippen LogP contribution in [0.3, 0.4) is 0 Å². The molecule has 3 nitrogen and oxygen atoms in total. The highest BCUT2D eigenvalue weighted by Crippen LogP contribution is 2.37. The summed E-state index contributed by atoms with van der Waals surface area (Å²) in [4.78, 5) is 13.2. The van der Waals surface area contributed by atoms with Crippen LogP contribution in [-0.2, 0) is 4.79 Å². The third-order valence-electron chi connectivity index (χ3n) is 3.98. The Labute approximate surface area is 127 Å². The maximum atomic E-state index is 13.6. The number of benzene rings is 1. The first-order valence-corrected chi connectivity index (χ1v) is 7.21. The average molecular weight is 320 g/mol.